The summed E-state index contributed by atoms with van der Waals surface area (Å²) in [4.78, 5) is 42.6. The van der Waals surface area contributed by atoms with Gasteiger partial charge in [-0.3, -0.25) is 9.59 Å². The van der Waals surface area contributed by atoms with Crippen LogP contribution in [0.3, 0.4) is 0 Å². The van der Waals surface area contributed by atoms with E-state index in [4.69, 9.17) is 10.2 Å². The van der Waals surface area contributed by atoms with Gasteiger partial charge in [0, 0.05) is 0 Å². The Morgan fingerprint density at radius 1 is 1.24 bits per heavy atom. The predicted octanol–water partition coefficient (Wildman–Crippen LogP) is -1.61. The largest absolute Gasteiger partial charge is 0.481 e. The number of carboxylic acid groups (broad SMARTS) is 2. The Balaban J connectivity index is 4.17. The van der Waals surface area contributed by atoms with Gasteiger partial charge in [-0.2, -0.15) is 0 Å². The van der Waals surface area contributed by atoms with Crippen molar-refractivity contribution < 1.29 is 34.1 Å². The second kappa shape index (κ2) is 7.04. The van der Waals surface area contributed by atoms with Crippen molar-refractivity contribution in [1.29, 1.82) is 0 Å². The molecule has 0 rings (SSSR count). The summed E-state index contributed by atoms with van der Waals surface area (Å²) in [5.41, 5.74) is 0. The number of carbonyl (C=O) groups excluding carboxylic acids is 2. The zero-order valence-electron chi connectivity index (χ0n) is 8.93. The molecule has 17 heavy (non-hydrogen) atoms. The van der Waals surface area contributed by atoms with Crippen molar-refractivity contribution in [3.05, 3.63) is 0 Å². The summed E-state index contributed by atoms with van der Waals surface area (Å²) < 4.78 is 4.23. The lowest BCUT2D eigenvalue weighted by molar-refractivity contribution is -0.145. The summed E-state index contributed by atoms with van der Waals surface area (Å²) in [6.07, 6.45) is -0.763. The number of ether oxygens (including phenoxy) is 1. The normalized spacial score (nSPS) is 11.1. The number of rotatable bonds is 6. The molecule has 0 heterocycles. The SMILES string of the molecule is COC(=O)CNC(=O)N[C@@H](CC(=O)O)C(=O)O. The molecule has 0 aromatic carbocycles. The zero-order valence-corrected chi connectivity index (χ0v) is 8.93. The minimum absolute atomic E-state index is 0.443. The van der Waals surface area contributed by atoms with Crippen LogP contribution in [0, 0.1) is 0 Å². The quantitative estimate of drug-likeness (QED) is 0.414. The molecule has 0 aromatic heterocycles. The van der Waals surface area contributed by atoms with Crippen LogP contribution in [0.1, 0.15) is 6.42 Å². The van der Waals surface area contributed by atoms with E-state index in [0.717, 1.165) is 7.11 Å². The van der Waals surface area contributed by atoms with Crippen LogP contribution in [0.15, 0.2) is 0 Å². The Kier molecular flexibility index (Phi) is 6.08. The van der Waals surface area contributed by atoms with Gasteiger partial charge < -0.3 is 25.6 Å². The van der Waals surface area contributed by atoms with Crippen LogP contribution in [0.4, 0.5) is 4.79 Å². The summed E-state index contributed by atoms with van der Waals surface area (Å²) in [6, 6.07) is -2.53. The first-order valence-electron chi connectivity index (χ1n) is 4.42. The number of urea groups is 1. The molecule has 0 fully saturated rings. The van der Waals surface area contributed by atoms with Crippen LogP contribution >= 0.6 is 0 Å². The molecule has 0 aromatic rings. The maximum atomic E-state index is 11.1. The van der Waals surface area contributed by atoms with E-state index in [1.165, 1.54) is 0 Å². The third-order valence-electron chi connectivity index (χ3n) is 1.60. The molecule has 96 valence electrons. The van der Waals surface area contributed by atoms with Crippen molar-refractivity contribution in [3.63, 3.8) is 0 Å². The number of hydrogen-bond acceptors (Lipinski definition) is 5. The maximum absolute atomic E-state index is 11.1. The summed E-state index contributed by atoms with van der Waals surface area (Å²) >= 11 is 0. The molecular formula is C8H12N2O7. The van der Waals surface area contributed by atoms with Gasteiger partial charge in [0.25, 0.3) is 0 Å². The van der Waals surface area contributed by atoms with E-state index in [9.17, 15) is 19.2 Å². The van der Waals surface area contributed by atoms with Crippen molar-refractivity contribution in [3.8, 4) is 0 Å². The Morgan fingerprint density at radius 2 is 1.82 bits per heavy atom. The van der Waals surface area contributed by atoms with Crippen LogP contribution in [-0.2, 0) is 19.1 Å². The van der Waals surface area contributed by atoms with Gasteiger partial charge in [0.05, 0.1) is 13.5 Å². The molecule has 4 N–H and O–H groups in total. The Bertz CT molecular complexity index is 328. The third kappa shape index (κ3) is 6.71. The number of hydrogen-bond donors (Lipinski definition) is 4. The molecule has 0 bridgehead atoms. The van der Waals surface area contributed by atoms with Crippen LogP contribution in [0.25, 0.3) is 0 Å². The predicted molar refractivity (Wildman–Crippen MR) is 52.2 cm³/mol. The van der Waals surface area contributed by atoms with Crippen molar-refractivity contribution in [2.75, 3.05) is 13.7 Å². The Hall–Kier alpha value is -2.32. The van der Waals surface area contributed by atoms with Gasteiger partial charge in [0.2, 0.25) is 0 Å². The molecule has 0 aliphatic carbocycles. The number of aliphatic carboxylic acids is 2. The molecule has 0 radical (unpaired) electrons. The van der Waals surface area contributed by atoms with Gasteiger partial charge in [0.1, 0.15) is 12.6 Å². The average molecular weight is 248 g/mol. The topological polar surface area (TPSA) is 142 Å². The van der Waals surface area contributed by atoms with Crippen LogP contribution in [-0.4, -0.2) is 53.8 Å². The second-order valence-electron chi connectivity index (χ2n) is 2.89. The van der Waals surface area contributed by atoms with Crippen LogP contribution in [0.5, 0.6) is 0 Å². The highest BCUT2D eigenvalue weighted by atomic mass is 16.5. The van der Waals surface area contributed by atoms with Gasteiger partial charge in [-0.15, -0.1) is 0 Å². The first-order chi connectivity index (χ1) is 7.86. The number of esters is 1. The fourth-order valence-corrected chi connectivity index (χ4v) is 0.809. The molecule has 1 atom stereocenters. The number of carboxylic acids is 2. The molecule has 0 aliphatic rings. The molecular weight excluding hydrogens is 236 g/mol. The van der Waals surface area contributed by atoms with E-state index in [-0.39, 0.29) is 0 Å². The van der Waals surface area contributed by atoms with Gasteiger partial charge in [-0.05, 0) is 0 Å². The highest BCUT2D eigenvalue weighted by molar-refractivity contribution is 5.87. The molecule has 0 saturated carbocycles. The zero-order chi connectivity index (χ0) is 13.4. The maximum Gasteiger partial charge on any atom is 0.326 e. The number of methoxy groups -OCH3 is 1. The highest BCUT2D eigenvalue weighted by Crippen LogP contribution is 1.92. The van der Waals surface area contributed by atoms with Crippen molar-refractivity contribution >= 4 is 23.9 Å². The monoisotopic (exact) mass is 248 g/mol. The first kappa shape index (κ1) is 14.7. The standard InChI is InChI=1S/C8H12N2O7/c1-17-6(13)3-9-8(16)10-4(7(14)15)2-5(11)12/h4H,2-3H2,1H3,(H,11,12)(H,14,15)(H2,9,10,16)/t4-/m0/s1. The van der Waals surface area contributed by atoms with E-state index in [0.29, 0.717) is 0 Å². The van der Waals surface area contributed by atoms with Gasteiger partial charge in [-0.1, -0.05) is 0 Å². The van der Waals surface area contributed by atoms with Gasteiger partial charge in [-0.25, -0.2) is 9.59 Å². The first-order valence-corrected chi connectivity index (χ1v) is 4.42. The Morgan fingerprint density at radius 3 is 2.24 bits per heavy atom. The lowest BCUT2D eigenvalue weighted by Gasteiger charge is -2.12. The molecule has 0 unspecified atom stereocenters. The summed E-state index contributed by atoms with van der Waals surface area (Å²) in [5, 5.41) is 20.9. The van der Waals surface area contributed by atoms with Crippen LogP contribution in [0.2, 0.25) is 0 Å². The molecule has 9 heteroatoms. The second-order valence-corrected chi connectivity index (χ2v) is 2.89. The molecule has 2 amide bonds. The van der Waals surface area contributed by atoms with E-state index in [1.807, 2.05) is 10.6 Å². The highest BCUT2D eigenvalue weighted by Gasteiger charge is 2.22. The van der Waals surface area contributed by atoms with Gasteiger partial charge >= 0.3 is 23.9 Å². The fraction of sp³-hybridized carbons (Fsp3) is 0.500. The van der Waals surface area contributed by atoms with Gasteiger partial charge in [0.15, 0.2) is 0 Å². The summed E-state index contributed by atoms with van der Waals surface area (Å²) in [7, 11) is 1.12. The average Bonchev–Trinajstić information content (AvgIpc) is 2.24. The van der Waals surface area contributed by atoms with Crippen molar-refractivity contribution in [2.24, 2.45) is 0 Å². The molecule has 0 spiro atoms. The summed E-state index contributed by atoms with van der Waals surface area (Å²) in [6.45, 7) is -0.443. The third-order valence-corrected chi connectivity index (χ3v) is 1.60. The minimum Gasteiger partial charge on any atom is -0.481 e. The number of nitrogens with one attached hydrogen (secondary N) is 2. The van der Waals surface area contributed by atoms with E-state index in [2.05, 4.69) is 4.74 Å². The number of carbonyl (C=O) groups is 4. The number of amides is 2. The smallest absolute Gasteiger partial charge is 0.326 e. The molecule has 0 saturated heterocycles. The van der Waals surface area contributed by atoms with Crippen LogP contribution < -0.4 is 10.6 Å². The van der Waals surface area contributed by atoms with Crippen molar-refractivity contribution in [1.82, 2.24) is 10.6 Å². The molecule has 0 aliphatic heterocycles. The fourth-order valence-electron chi connectivity index (χ4n) is 0.809. The minimum atomic E-state index is -1.56. The van der Waals surface area contributed by atoms with E-state index >= 15 is 0 Å². The van der Waals surface area contributed by atoms with E-state index in [1.54, 1.807) is 0 Å². The van der Waals surface area contributed by atoms with Crippen molar-refractivity contribution in [2.45, 2.75) is 12.5 Å². The lowest BCUT2D eigenvalue weighted by atomic mass is 10.2. The summed E-state index contributed by atoms with van der Waals surface area (Å²) in [5.74, 6) is -3.57. The molecule has 9 nitrogen and oxygen atoms in total. The van der Waals surface area contributed by atoms with E-state index < -0.39 is 42.9 Å². The lowest BCUT2D eigenvalue weighted by Crippen LogP contribution is -2.48. The Labute approximate surface area is 95.7 Å².